The standard InChI is InChI=1S/C15H26N2O/c1-10-5-3-6-11(2)17(10)15(18)14-13-8-4-7-12(13)9-16-14/h10-14,16H,3-9H2,1-2H3. The Labute approximate surface area is 110 Å². The van der Waals surface area contributed by atoms with Crippen molar-refractivity contribution in [2.45, 2.75) is 70.5 Å². The van der Waals surface area contributed by atoms with E-state index in [-0.39, 0.29) is 6.04 Å². The molecule has 5 atom stereocenters. The van der Waals surface area contributed by atoms with Crippen LogP contribution in [0.2, 0.25) is 0 Å². The molecule has 0 aromatic carbocycles. The van der Waals surface area contributed by atoms with Gasteiger partial charge in [0, 0.05) is 12.1 Å². The molecule has 5 unspecified atom stereocenters. The Hall–Kier alpha value is -0.570. The van der Waals surface area contributed by atoms with Gasteiger partial charge in [-0.3, -0.25) is 4.79 Å². The molecule has 1 aliphatic carbocycles. The number of nitrogens with zero attached hydrogens (tertiary/aromatic N) is 1. The predicted molar refractivity (Wildman–Crippen MR) is 72.2 cm³/mol. The highest BCUT2D eigenvalue weighted by Crippen LogP contribution is 2.39. The third-order valence-corrected chi connectivity index (χ3v) is 5.46. The molecule has 18 heavy (non-hydrogen) atoms. The van der Waals surface area contributed by atoms with Gasteiger partial charge in [0.2, 0.25) is 5.91 Å². The summed E-state index contributed by atoms with van der Waals surface area (Å²) in [7, 11) is 0. The van der Waals surface area contributed by atoms with E-state index in [0.717, 1.165) is 12.5 Å². The van der Waals surface area contributed by atoms with Crippen molar-refractivity contribution < 1.29 is 4.79 Å². The number of rotatable bonds is 1. The highest BCUT2D eigenvalue weighted by atomic mass is 16.2. The van der Waals surface area contributed by atoms with Crippen LogP contribution in [0, 0.1) is 11.8 Å². The van der Waals surface area contributed by atoms with Crippen molar-refractivity contribution in [1.82, 2.24) is 10.2 Å². The number of amides is 1. The third kappa shape index (κ3) is 1.97. The number of nitrogens with one attached hydrogen (secondary N) is 1. The van der Waals surface area contributed by atoms with E-state index in [0.29, 0.717) is 23.9 Å². The second-order valence-corrected chi connectivity index (χ2v) is 6.62. The zero-order valence-corrected chi connectivity index (χ0v) is 11.7. The highest BCUT2D eigenvalue weighted by Gasteiger charge is 2.45. The predicted octanol–water partition coefficient (Wildman–Crippen LogP) is 2.16. The molecular weight excluding hydrogens is 224 g/mol. The lowest BCUT2D eigenvalue weighted by Gasteiger charge is -2.41. The fourth-order valence-electron chi connectivity index (χ4n) is 4.47. The summed E-state index contributed by atoms with van der Waals surface area (Å²) in [5, 5.41) is 3.51. The molecular formula is C15H26N2O. The SMILES string of the molecule is CC1CCCC(C)N1C(=O)C1NCC2CCCC21. The molecule has 102 valence electrons. The molecule has 1 amide bonds. The maximum Gasteiger partial charge on any atom is 0.240 e. The summed E-state index contributed by atoms with van der Waals surface area (Å²) in [6.45, 7) is 5.50. The number of fused-ring (bicyclic) bond motifs is 1. The quantitative estimate of drug-likeness (QED) is 0.773. The van der Waals surface area contributed by atoms with Gasteiger partial charge in [0.05, 0.1) is 6.04 Å². The molecule has 0 aromatic rings. The van der Waals surface area contributed by atoms with Crippen LogP contribution >= 0.6 is 0 Å². The van der Waals surface area contributed by atoms with Gasteiger partial charge < -0.3 is 10.2 Å². The van der Waals surface area contributed by atoms with Crippen LogP contribution in [-0.2, 0) is 4.79 Å². The van der Waals surface area contributed by atoms with Gasteiger partial charge in [-0.05, 0) is 64.3 Å². The summed E-state index contributed by atoms with van der Waals surface area (Å²) in [6, 6.07) is 0.993. The van der Waals surface area contributed by atoms with Crippen LogP contribution in [0.25, 0.3) is 0 Å². The molecule has 1 N–H and O–H groups in total. The van der Waals surface area contributed by atoms with Crippen LogP contribution in [0.15, 0.2) is 0 Å². The van der Waals surface area contributed by atoms with Gasteiger partial charge in [-0.15, -0.1) is 0 Å². The number of hydrogen-bond donors (Lipinski definition) is 1. The number of carbonyl (C=O) groups excluding carboxylic acids is 1. The Morgan fingerprint density at radius 2 is 1.72 bits per heavy atom. The number of hydrogen-bond acceptors (Lipinski definition) is 2. The van der Waals surface area contributed by atoms with Crippen molar-refractivity contribution in [2.75, 3.05) is 6.54 Å². The van der Waals surface area contributed by atoms with Crippen molar-refractivity contribution in [3.63, 3.8) is 0 Å². The molecule has 1 saturated carbocycles. The zero-order chi connectivity index (χ0) is 12.7. The van der Waals surface area contributed by atoms with Crippen LogP contribution in [0.1, 0.15) is 52.4 Å². The van der Waals surface area contributed by atoms with E-state index in [1.54, 1.807) is 0 Å². The Balaban J connectivity index is 1.73. The van der Waals surface area contributed by atoms with Crippen molar-refractivity contribution in [3.8, 4) is 0 Å². The summed E-state index contributed by atoms with van der Waals surface area (Å²) < 4.78 is 0. The van der Waals surface area contributed by atoms with E-state index in [9.17, 15) is 4.79 Å². The zero-order valence-electron chi connectivity index (χ0n) is 11.7. The minimum atomic E-state index is 0.125. The van der Waals surface area contributed by atoms with Crippen LogP contribution in [0.3, 0.4) is 0 Å². The third-order valence-electron chi connectivity index (χ3n) is 5.46. The van der Waals surface area contributed by atoms with Crippen molar-refractivity contribution in [1.29, 1.82) is 0 Å². The fraction of sp³-hybridized carbons (Fsp3) is 0.933. The molecule has 0 bridgehead atoms. The summed E-state index contributed by atoms with van der Waals surface area (Å²) in [5.74, 6) is 1.79. The second-order valence-electron chi connectivity index (χ2n) is 6.62. The molecule has 0 aromatic heterocycles. The summed E-state index contributed by atoms with van der Waals surface area (Å²) >= 11 is 0. The van der Waals surface area contributed by atoms with Crippen LogP contribution in [0.4, 0.5) is 0 Å². The van der Waals surface area contributed by atoms with E-state index in [1.165, 1.54) is 38.5 Å². The van der Waals surface area contributed by atoms with E-state index in [1.807, 2.05) is 0 Å². The molecule has 3 fully saturated rings. The Kier molecular flexibility index (Phi) is 3.35. The first kappa shape index (κ1) is 12.5. The van der Waals surface area contributed by atoms with Gasteiger partial charge in [-0.25, -0.2) is 0 Å². The normalized spacial score (nSPS) is 44.1. The van der Waals surface area contributed by atoms with Crippen LogP contribution < -0.4 is 5.32 Å². The van der Waals surface area contributed by atoms with Gasteiger partial charge in [0.25, 0.3) is 0 Å². The molecule has 3 nitrogen and oxygen atoms in total. The molecule has 0 spiro atoms. The number of likely N-dealkylation sites (tertiary alicyclic amines) is 1. The number of piperidine rings is 1. The lowest BCUT2D eigenvalue weighted by Crippen LogP contribution is -2.54. The molecule has 3 heteroatoms. The maximum atomic E-state index is 12.8. The lowest BCUT2D eigenvalue weighted by atomic mass is 9.90. The van der Waals surface area contributed by atoms with Crippen LogP contribution in [0.5, 0.6) is 0 Å². The Morgan fingerprint density at radius 3 is 2.44 bits per heavy atom. The van der Waals surface area contributed by atoms with E-state index < -0.39 is 0 Å². The molecule has 0 radical (unpaired) electrons. The average Bonchev–Trinajstić information content (AvgIpc) is 2.89. The van der Waals surface area contributed by atoms with Gasteiger partial charge >= 0.3 is 0 Å². The molecule has 2 heterocycles. The summed E-state index contributed by atoms with van der Waals surface area (Å²) in [4.78, 5) is 15.0. The monoisotopic (exact) mass is 250 g/mol. The van der Waals surface area contributed by atoms with E-state index in [2.05, 4.69) is 24.1 Å². The maximum absolute atomic E-state index is 12.8. The van der Waals surface area contributed by atoms with E-state index in [4.69, 9.17) is 0 Å². The Morgan fingerprint density at radius 1 is 1.06 bits per heavy atom. The summed E-state index contributed by atoms with van der Waals surface area (Å²) in [5.41, 5.74) is 0. The van der Waals surface area contributed by atoms with Crippen molar-refractivity contribution in [2.24, 2.45) is 11.8 Å². The molecule has 2 aliphatic heterocycles. The minimum Gasteiger partial charge on any atom is -0.336 e. The molecule has 3 rings (SSSR count). The Bertz CT molecular complexity index is 320. The van der Waals surface area contributed by atoms with Gasteiger partial charge in [0.15, 0.2) is 0 Å². The first-order valence-electron chi connectivity index (χ1n) is 7.74. The van der Waals surface area contributed by atoms with Crippen molar-refractivity contribution in [3.05, 3.63) is 0 Å². The minimum absolute atomic E-state index is 0.125. The molecule has 2 saturated heterocycles. The first-order valence-corrected chi connectivity index (χ1v) is 7.74. The summed E-state index contributed by atoms with van der Waals surface area (Å²) in [6.07, 6.45) is 7.53. The largest absolute Gasteiger partial charge is 0.336 e. The topological polar surface area (TPSA) is 32.3 Å². The smallest absolute Gasteiger partial charge is 0.240 e. The second kappa shape index (κ2) is 4.84. The van der Waals surface area contributed by atoms with Gasteiger partial charge in [-0.2, -0.15) is 0 Å². The molecule has 3 aliphatic rings. The van der Waals surface area contributed by atoms with Crippen LogP contribution in [-0.4, -0.2) is 35.5 Å². The average molecular weight is 250 g/mol. The van der Waals surface area contributed by atoms with Gasteiger partial charge in [-0.1, -0.05) is 6.42 Å². The van der Waals surface area contributed by atoms with Crippen molar-refractivity contribution >= 4 is 5.91 Å². The van der Waals surface area contributed by atoms with Gasteiger partial charge in [0.1, 0.15) is 0 Å². The van der Waals surface area contributed by atoms with E-state index >= 15 is 0 Å². The fourth-order valence-corrected chi connectivity index (χ4v) is 4.47. The number of carbonyl (C=O) groups is 1. The highest BCUT2D eigenvalue weighted by molar-refractivity contribution is 5.83. The lowest BCUT2D eigenvalue weighted by molar-refractivity contribution is -0.140. The first-order chi connectivity index (χ1) is 8.68.